The summed E-state index contributed by atoms with van der Waals surface area (Å²) in [6, 6.07) is 0. The summed E-state index contributed by atoms with van der Waals surface area (Å²) in [5, 5.41) is 6.26. The number of ether oxygens (including phenoxy) is 1. The van der Waals surface area contributed by atoms with Gasteiger partial charge in [-0.2, -0.15) is 5.10 Å². The van der Waals surface area contributed by atoms with Crippen LogP contribution in [0.1, 0.15) is 10.4 Å². The molecule has 0 aliphatic rings. The molecule has 0 radical (unpaired) electrons. The zero-order chi connectivity index (χ0) is 15.4. The van der Waals surface area contributed by atoms with Gasteiger partial charge in [0.1, 0.15) is 12.1 Å². The van der Waals surface area contributed by atoms with E-state index < -0.39 is 23.1 Å². The predicted molar refractivity (Wildman–Crippen MR) is 69.9 cm³/mol. The van der Waals surface area contributed by atoms with Gasteiger partial charge in [-0.3, -0.25) is 24.0 Å². The Kier molecular flexibility index (Phi) is 3.97. The molecule has 0 aliphatic carbocycles. The highest BCUT2D eigenvalue weighted by Gasteiger charge is 2.12. The van der Waals surface area contributed by atoms with Crippen LogP contribution in [0.15, 0.2) is 28.2 Å². The largest absolute Gasteiger partial charge is 0.468 e. The van der Waals surface area contributed by atoms with Gasteiger partial charge < -0.3 is 15.0 Å². The molecular weight excluding hydrogens is 282 g/mol. The summed E-state index contributed by atoms with van der Waals surface area (Å²) < 4.78 is 5.74. The van der Waals surface area contributed by atoms with E-state index in [9.17, 15) is 19.2 Å². The van der Waals surface area contributed by atoms with E-state index in [2.05, 4.69) is 20.1 Å². The minimum absolute atomic E-state index is 0.106. The van der Waals surface area contributed by atoms with Crippen molar-refractivity contribution in [3.05, 3.63) is 45.0 Å². The molecule has 0 fully saturated rings. The van der Waals surface area contributed by atoms with E-state index in [1.807, 2.05) is 4.98 Å². The smallest absolute Gasteiger partial charge is 0.327 e. The van der Waals surface area contributed by atoms with Crippen molar-refractivity contribution in [2.45, 2.75) is 6.54 Å². The Morgan fingerprint density at radius 1 is 1.43 bits per heavy atom. The number of aromatic nitrogens is 4. The average Bonchev–Trinajstić information content (AvgIpc) is 2.85. The Bertz CT molecular complexity index is 787. The fourth-order valence-corrected chi connectivity index (χ4v) is 1.49. The minimum Gasteiger partial charge on any atom is -0.468 e. The molecule has 3 N–H and O–H groups in total. The summed E-state index contributed by atoms with van der Waals surface area (Å²) in [5.74, 6) is -1.21. The second kappa shape index (κ2) is 5.86. The minimum atomic E-state index is -0.807. The molecule has 110 valence electrons. The topological polar surface area (TPSA) is 139 Å². The van der Waals surface area contributed by atoms with E-state index in [-0.39, 0.29) is 17.8 Å². The molecule has 10 nitrogen and oxygen atoms in total. The van der Waals surface area contributed by atoms with Gasteiger partial charge in [0, 0.05) is 12.4 Å². The van der Waals surface area contributed by atoms with Crippen LogP contribution in [-0.2, 0) is 16.1 Å². The van der Waals surface area contributed by atoms with Crippen molar-refractivity contribution in [2.75, 3.05) is 12.4 Å². The number of rotatable bonds is 4. The number of amides is 1. The van der Waals surface area contributed by atoms with Crippen LogP contribution < -0.4 is 16.6 Å². The van der Waals surface area contributed by atoms with Crippen LogP contribution in [0, 0.1) is 0 Å². The molecular formula is C11H11N5O5. The molecule has 0 aliphatic heterocycles. The van der Waals surface area contributed by atoms with Crippen LogP contribution >= 0.6 is 0 Å². The maximum Gasteiger partial charge on any atom is 0.327 e. The monoisotopic (exact) mass is 293 g/mol. The van der Waals surface area contributed by atoms with Crippen molar-refractivity contribution in [2.24, 2.45) is 0 Å². The number of esters is 1. The molecule has 2 rings (SSSR count). The second-order valence-corrected chi connectivity index (χ2v) is 3.94. The van der Waals surface area contributed by atoms with Gasteiger partial charge in [-0.05, 0) is 0 Å². The fourth-order valence-electron chi connectivity index (χ4n) is 1.49. The SMILES string of the molecule is COC(=O)Cn1cc(NC(=O)c2c[nH]c(=O)[nH]c2=O)cn1. The number of aromatic amines is 2. The molecule has 2 heterocycles. The molecule has 0 aromatic carbocycles. The molecule has 0 bridgehead atoms. The Balaban J connectivity index is 2.11. The lowest BCUT2D eigenvalue weighted by Gasteiger charge is -2.01. The van der Waals surface area contributed by atoms with Gasteiger partial charge in [-0.1, -0.05) is 0 Å². The van der Waals surface area contributed by atoms with Crippen LogP contribution in [0.2, 0.25) is 0 Å². The Morgan fingerprint density at radius 3 is 2.86 bits per heavy atom. The van der Waals surface area contributed by atoms with Gasteiger partial charge >= 0.3 is 11.7 Å². The molecule has 0 spiro atoms. The lowest BCUT2D eigenvalue weighted by atomic mass is 10.3. The number of H-pyrrole nitrogens is 2. The molecule has 2 aromatic heterocycles. The van der Waals surface area contributed by atoms with Crippen molar-refractivity contribution in [1.29, 1.82) is 0 Å². The number of nitrogens with zero attached hydrogens (tertiary/aromatic N) is 2. The third kappa shape index (κ3) is 3.43. The number of carbonyl (C=O) groups is 2. The maximum absolute atomic E-state index is 11.9. The van der Waals surface area contributed by atoms with Crippen LogP contribution in [0.25, 0.3) is 0 Å². The van der Waals surface area contributed by atoms with Gasteiger partial charge in [0.25, 0.3) is 11.5 Å². The first kappa shape index (κ1) is 14.2. The van der Waals surface area contributed by atoms with Crippen molar-refractivity contribution >= 4 is 17.6 Å². The van der Waals surface area contributed by atoms with Gasteiger partial charge in [0.05, 0.1) is 19.0 Å². The Morgan fingerprint density at radius 2 is 2.19 bits per heavy atom. The van der Waals surface area contributed by atoms with Crippen molar-refractivity contribution in [1.82, 2.24) is 19.7 Å². The average molecular weight is 293 g/mol. The summed E-state index contributed by atoms with van der Waals surface area (Å²) in [5.41, 5.74) is -1.48. The van der Waals surface area contributed by atoms with Gasteiger partial charge in [-0.15, -0.1) is 0 Å². The highest BCUT2D eigenvalue weighted by Crippen LogP contribution is 2.06. The molecule has 0 unspecified atom stereocenters. The number of nitrogens with one attached hydrogen (secondary N) is 3. The summed E-state index contributed by atoms with van der Waals surface area (Å²) in [6.07, 6.45) is 3.71. The van der Waals surface area contributed by atoms with Gasteiger partial charge in [0.15, 0.2) is 0 Å². The lowest BCUT2D eigenvalue weighted by Crippen LogP contribution is -2.29. The van der Waals surface area contributed by atoms with Gasteiger partial charge in [0.2, 0.25) is 0 Å². The first-order valence-electron chi connectivity index (χ1n) is 5.72. The molecule has 2 aromatic rings. The van der Waals surface area contributed by atoms with E-state index >= 15 is 0 Å². The quantitative estimate of drug-likeness (QED) is 0.598. The fraction of sp³-hybridized carbons (Fsp3) is 0.182. The molecule has 21 heavy (non-hydrogen) atoms. The first-order chi connectivity index (χ1) is 9.99. The van der Waals surface area contributed by atoms with E-state index in [0.717, 1.165) is 6.20 Å². The van der Waals surface area contributed by atoms with Crippen LogP contribution in [0.4, 0.5) is 5.69 Å². The van der Waals surface area contributed by atoms with Crippen molar-refractivity contribution in [3.63, 3.8) is 0 Å². The van der Waals surface area contributed by atoms with Crippen LogP contribution in [0.3, 0.4) is 0 Å². The predicted octanol–water partition coefficient (Wildman–Crippen LogP) is -1.31. The molecule has 10 heteroatoms. The summed E-state index contributed by atoms with van der Waals surface area (Å²) in [6.45, 7) is -0.106. The molecule has 0 atom stereocenters. The maximum atomic E-state index is 11.9. The number of hydrogen-bond donors (Lipinski definition) is 3. The summed E-state index contributed by atoms with van der Waals surface area (Å²) in [7, 11) is 1.25. The van der Waals surface area contributed by atoms with Crippen LogP contribution in [0.5, 0.6) is 0 Å². The molecule has 1 amide bonds. The van der Waals surface area contributed by atoms with E-state index in [1.165, 1.54) is 24.2 Å². The highest BCUT2D eigenvalue weighted by molar-refractivity contribution is 6.03. The third-order valence-corrected chi connectivity index (χ3v) is 2.47. The number of carbonyl (C=O) groups excluding carboxylic acids is 2. The summed E-state index contributed by atoms with van der Waals surface area (Å²) >= 11 is 0. The van der Waals surface area contributed by atoms with E-state index in [0.29, 0.717) is 0 Å². The van der Waals surface area contributed by atoms with E-state index in [4.69, 9.17) is 0 Å². The number of hydrogen-bond acceptors (Lipinski definition) is 6. The van der Waals surface area contributed by atoms with Gasteiger partial charge in [-0.25, -0.2) is 4.79 Å². The number of anilines is 1. The normalized spacial score (nSPS) is 10.1. The van der Waals surface area contributed by atoms with Crippen molar-refractivity contribution < 1.29 is 14.3 Å². The third-order valence-electron chi connectivity index (χ3n) is 2.47. The zero-order valence-electron chi connectivity index (χ0n) is 10.9. The van der Waals surface area contributed by atoms with Crippen LogP contribution in [-0.4, -0.2) is 38.7 Å². The molecule has 0 saturated carbocycles. The Hall–Kier alpha value is -3.17. The zero-order valence-corrected chi connectivity index (χ0v) is 10.9. The van der Waals surface area contributed by atoms with Crippen molar-refractivity contribution in [3.8, 4) is 0 Å². The Labute approximate surface area is 116 Å². The molecule has 0 saturated heterocycles. The number of methoxy groups -OCH3 is 1. The van der Waals surface area contributed by atoms with E-state index in [1.54, 1.807) is 0 Å². The highest BCUT2D eigenvalue weighted by atomic mass is 16.5. The lowest BCUT2D eigenvalue weighted by molar-refractivity contribution is -0.141. The standard InChI is InChI=1S/C11H11N5O5/c1-21-8(17)5-16-4-6(2-13-16)14-9(18)7-3-12-11(20)15-10(7)19/h2-4H,5H2,1H3,(H,14,18)(H2,12,15,19,20). The summed E-state index contributed by atoms with van der Waals surface area (Å²) in [4.78, 5) is 49.3. The second-order valence-electron chi connectivity index (χ2n) is 3.94. The first-order valence-corrected chi connectivity index (χ1v) is 5.72.